The third-order valence-corrected chi connectivity index (χ3v) is 4.17. The monoisotopic (exact) mass is 356 g/mol. The van der Waals surface area contributed by atoms with E-state index in [4.69, 9.17) is 23.2 Å². The lowest BCUT2D eigenvalue weighted by Gasteiger charge is -2.09. The molecule has 0 aromatic heterocycles. The summed E-state index contributed by atoms with van der Waals surface area (Å²) in [6, 6.07) is 13.2. The molecule has 0 bridgehead atoms. The van der Waals surface area contributed by atoms with Crippen molar-refractivity contribution in [1.29, 1.82) is 0 Å². The van der Waals surface area contributed by atoms with E-state index >= 15 is 0 Å². The first-order valence-corrected chi connectivity index (χ1v) is 8.26. The van der Waals surface area contributed by atoms with E-state index in [1.54, 1.807) is 24.3 Å². The van der Waals surface area contributed by atoms with Gasteiger partial charge in [-0.05, 0) is 60.4 Å². The molecule has 0 aliphatic carbocycles. The van der Waals surface area contributed by atoms with Gasteiger partial charge in [0.15, 0.2) is 5.78 Å². The Kier molecular flexibility index (Phi) is 6.19. The molecule has 2 aromatic carbocycles. The van der Waals surface area contributed by atoms with Crippen LogP contribution in [0.3, 0.4) is 0 Å². The van der Waals surface area contributed by atoms with Gasteiger partial charge in [0.2, 0.25) is 0 Å². The quantitative estimate of drug-likeness (QED) is 0.438. The predicted octanol–water partition coefficient (Wildman–Crippen LogP) is 6.54. The minimum Gasteiger partial charge on any atom is -0.289 e. The third-order valence-electron chi connectivity index (χ3n) is 3.73. The normalized spacial score (nSPS) is 12.2. The SMILES string of the molecule is C=CC(=O)C(/C=C/c1cc(Cl)cc(Cl)c1)=C(/C)c1ccccc1C. The van der Waals surface area contributed by atoms with E-state index in [1.165, 1.54) is 6.08 Å². The van der Waals surface area contributed by atoms with E-state index in [9.17, 15) is 4.79 Å². The molecule has 0 heterocycles. The maximum absolute atomic E-state index is 12.3. The zero-order valence-electron chi connectivity index (χ0n) is 13.6. The zero-order valence-corrected chi connectivity index (χ0v) is 15.2. The van der Waals surface area contributed by atoms with Crippen molar-refractivity contribution in [2.45, 2.75) is 13.8 Å². The molecule has 3 heteroatoms. The van der Waals surface area contributed by atoms with Gasteiger partial charge in [0, 0.05) is 15.6 Å². The Balaban J connectivity index is 2.51. The summed E-state index contributed by atoms with van der Waals surface area (Å²) in [7, 11) is 0. The maximum Gasteiger partial charge on any atom is 0.185 e. The van der Waals surface area contributed by atoms with Crippen molar-refractivity contribution in [2.75, 3.05) is 0 Å². The minimum absolute atomic E-state index is 0.125. The van der Waals surface area contributed by atoms with E-state index in [0.29, 0.717) is 15.6 Å². The van der Waals surface area contributed by atoms with Crippen molar-refractivity contribution >= 4 is 40.6 Å². The van der Waals surface area contributed by atoms with Gasteiger partial charge < -0.3 is 0 Å². The van der Waals surface area contributed by atoms with Crippen molar-refractivity contribution in [1.82, 2.24) is 0 Å². The number of benzene rings is 2. The molecule has 0 atom stereocenters. The van der Waals surface area contributed by atoms with Gasteiger partial charge in [-0.15, -0.1) is 0 Å². The van der Waals surface area contributed by atoms with Gasteiger partial charge in [-0.25, -0.2) is 0 Å². The molecule has 24 heavy (non-hydrogen) atoms. The number of hydrogen-bond donors (Lipinski definition) is 0. The van der Waals surface area contributed by atoms with Crippen LogP contribution in [0, 0.1) is 6.92 Å². The highest BCUT2D eigenvalue weighted by atomic mass is 35.5. The van der Waals surface area contributed by atoms with Crippen LogP contribution in [-0.2, 0) is 4.79 Å². The fourth-order valence-electron chi connectivity index (χ4n) is 2.49. The average molecular weight is 357 g/mol. The first-order valence-electron chi connectivity index (χ1n) is 7.50. The topological polar surface area (TPSA) is 17.1 Å². The second-order valence-corrected chi connectivity index (χ2v) is 6.33. The van der Waals surface area contributed by atoms with Gasteiger partial charge in [0.1, 0.15) is 0 Å². The molecule has 0 fully saturated rings. The summed E-state index contributed by atoms with van der Waals surface area (Å²) in [6.07, 6.45) is 4.94. The van der Waals surface area contributed by atoms with Crippen LogP contribution in [0.5, 0.6) is 0 Å². The summed E-state index contributed by atoms with van der Waals surface area (Å²) in [5.41, 5.74) is 4.48. The van der Waals surface area contributed by atoms with E-state index in [0.717, 1.165) is 22.3 Å². The fourth-order valence-corrected chi connectivity index (χ4v) is 3.03. The smallest absolute Gasteiger partial charge is 0.185 e. The molecule has 0 spiro atoms. The molecule has 0 aliphatic rings. The van der Waals surface area contributed by atoms with E-state index in [2.05, 4.69) is 6.58 Å². The van der Waals surface area contributed by atoms with Crippen LogP contribution in [0.2, 0.25) is 10.0 Å². The molecule has 0 unspecified atom stereocenters. The van der Waals surface area contributed by atoms with Gasteiger partial charge in [-0.3, -0.25) is 4.79 Å². The second-order valence-electron chi connectivity index (χ2n) is 5.46. The molecule has 0 amide bonds. The molecule has 0 N–H and O–H groups in total. The van der Waals surface area contributed by atoms with Crippen LogP contribution in [0.15, 0.2) is 66.8 Å². The van der Waals surface area contributed by atoms with Crippen LogP contribution in [0.1, 0.15) is 23.6 Å². The number of ketones is 1. The van der Waals surface area contributed by atoms with Crippen molar-refractivity contribution < 1.29 is 4.79 Å². The molecule has 0 saturated heterocycles. The highest BCUT2D eigenvalue weighted by molar-refractivity contribution is 6.34. The Morgan fingerprint density at radius 2 is 1.71 bits per heavy atom. The molecule has 0 aliphatic heterocycles. The summed E-state index contributed by atoms with van der Waals surface area (Å²) in [6.45, 7) is 7.57. The number of allylic oxidation sites excluding steroid dienone is 4. The van der Waals surface area contributed by atoms with Gasteiger partial charge in [0.25, 0.3) is 0 Å². The number of carbonyl (C=O) groups is 1. The molecule has 122 valence electrons. The summed E-state index contributed by atoms with van der Waals surface area (Å²) >= 11 is 12.0. The van der Waals surface area contributed by atoms with Crippen LogP contribution < -0.4 is 0 Å². The Labute approximate surface area is 152 Å². The zero-order chi connectivity index (χ0) is 17.7. The fraction of sp³-hybridized carbons (Fsp3) is 0.0952. The number of rotatable bonds is 5. The largest absolute Gasteiger partial charge is 0.289 e. The summed E-state index contributed by atoms with van der Waals surface area (Å²) in [5.74, 6) is -0.125. The standard InChI is InChI=1S/C21H18Cl2O/c1-4-21(24)20(15(3)19-8-6-5-7-14(19)2)10-9-16-11-17(22)13-18(23)12-16/h4-13H,1H2,2-3H3/b10-9+,20-15-. The van der Waals surface area contributed by atoms with Crippen LogP contribution in [-0.4, -0.2) is 5.78 Å². The lowest BCUT2D eigenvalue weighted by atomic mass is 9.94. The Bertz CT molecular complexity index is 824. The molecular weight excluding hydrogens is 339 g/mol. The highest BCUT2D eigenvalue weighted by Gasteiger charge is 2.10. The number of halogens is 2. The van der Waals surface area contributed by atoms with Gasteiger partial charge >= 0.3 is 0 Å². The van der Waals surface area contributed by atoms with Crippen LogP contribution in [0.25, 0.3) is 11.6 Å². The van der Waals surface area contributed by atoms with Gasteiger partial charge in [0.05, 0.1) is 0 Å². The maximum atomic E-state index is 12.3. The minimum atomic E-state index is -0.125. The van der Waals surface area contributed by atoms with Crippen molar-refractivity contribution in [3.8, 4) is 0 Å². The Morgan fingerprint density at radius 3 is 2.29 bits per heavy atom. The van der Waals surface area contributed by atoms with E-state index < -0.39 is 0 Å². The van der Waals surface area contributed by atoms with Crippen LogP contribution in [0.4, 0.5) is 0 Å². The Hall–Kier alpha value is -2.09. The average Bonchev–Trinajstić information content (AvgIpc) is 2.54. The number of aryl methyl sites for hydroxylation is 1. The lowest BCUT2D eigenvalue weighted by molar-refractivity contribution is -0.111. The molecule has 1 nitrogen and oxygen atoms in total. The number of hydrogen-bond acceptors (Lipinski definition) is 1. The molecule has 2 aromatic rings. The first kappa shape index (κ1) is 18.3. The summed E-state index contributed by atoms with van der Waals surface area (Å²) < 4.78 is 0. The van der Waals surface area contributed by atoms with Crippen LogP contribution >= 0.6 is 23.2 Å². The summed E-state index contributed by atoms with van der Waals surface area (Å²) in [5, 5.41) is 1.11. The Morgan fingerprint density at radius 1 is 1.08 bits per heavy atom. The molecular formula is C21H18Cl2O. The molecule has 2 rings (SSSR count). The predicted molar refractivity (Wildman–Crippen MR) is 104 cm³/mol. The molecule has 0 radical (unpaired) electrons. The molecule has 0 saturated carbocycles. The number of carbonyl (C=O) groups excluding carboxylic acids is 1. The second kappa shape index (κ2) is 8.14. The lowest BCUT2D eigenvalue weighted by Crippen LogP contribution is -2.00. The highest BCUT2D eigenvalue weighted by Crippen LogP contribution is 2.25. The summed E-state index contributed by atoms with van der Waals surface area (Å²) in [4.78, 5) is 12.3. The van der Waals surface area contributed by atoms with E-state index in [1.807, 2.05) is 44.2 Å². The van der Waals surface area contributed by atoms with Crippen molar-refractivity contribution in [3.63, 3.8) is 0 Å². The van der Waals surface area contributed by atoms with Gasteiger partial charge in [-0.2, -0.15) is 0 Å². The van der Waals surface area contributed by atoms with Crippen molar-refractivity contribution in [2.24, 2.45) is 0 Å². The third kappa shape index (κ3) is 4.47. The first-order chi connectivity index (χ1) is 11.4. The van der Waals surface area contributed by atoms with Crippen molar-refractivity contribution in [3.05, 3.63) is 93.5 Å². The van der Waals surface area contributed by atoms with Gasteiger partial charge in [-0.1, -0.05) is 66.2 Å². The van der Waals surface area contributed by atoms with E-state index in [-0.39, 0.29) is 5.78 Å².